The first-order valence-electron chi connectivity index (χ1n) is 4.79. The topological polar surface area (TPSA) is 88.9 Å². The highest BCUT2D eigenvalue weighted by Crippen LogP contribution is 2.18. The molecule has 1 aliphatic heterocycles. The summed E-state index contributed by atoms with van der Waals surface area (Å²) in [5.74, 6) is 0. The lowest BCUT2D eigenvalue weighted by Gasteiger charge is -2.11. The molecule has 2 N–H and O–H groups in total. The molecule has 0 bridgehead atoms. The van der Waals surface area contributed by atoms with Crippen molar-refractivity contribution >= 4 is 26.0 Å². The van der Waals surface area contributed by atoms with Gasteiger partial charge in [-0.25, -0.2) is 17.8 Å². The lowest BCUT2D eigenvalue weighted by atomic mass is 10.3. The third-order valence-corrected chi connectivity index (χ3v) is 4.78. The Morgan fingerprint density at radius 1 is 1.62 bits per heavy atom. The summed E-state index contributed by atoms with van der Waals surface area (Å²) in [6, 6.07) is -0.0631. The standard InChI is InChI=1S/C7H12BrN5O2S/c1-13-7(6(8)10-12-13)16(14,15)11-5-2-3-9-4-5/h5,9,11H,2-4H2,1H3/t5-/m0/s1. The number of rotatable bonds is 3. The van der Waals surface area contributed by atoms with E-state index in [0.717, 1.165) is 13.0 Å². The molecule has 0 radical (unpaired) electrons. The van der Waals surface area contributed by atoms with Gasteiger partial charge in [0.05, 0.1) is 0 Å². The quantitative estimate of drug-likeness (QED) is 0.764. The van der Waals surface area contributed by atoms with E-state index in [1.807, 2.05) is 0 Å². The molecule has 1 aliphatic rings. The Kier molecular flexibility index (Phi) is 3.29. The maximum Gasteiger partial charge on any atom is 0.260 e. The van der Waals surface area contributed by atoms with Crippen LogP contribution in [0.3, 0.4) is 0 Å². The summed E-state index contributed by atoms with van der Waals surface area (Å²) in [4.78, 5) is 0. The van der Waals surface area contributed by atoms with Gasteiger partial charge in [0, 0.05) is 19.6 Å². The van der Waals surface area contributed by atoms with Gasteiger partial charge in [-0.15, -0.1) is 5.10 Å². The first-order chi connectivity index (χ1) is 7.50. The number of hydrogen-bond donors (Lipinski definition) is 2. The van der Waals surface area contributed by atoms with E-state index in [9.17, 15) is 8.42 Å². The third-order valence-electron chi connectivity index (χ3n) is 2.37. The van der Waals surface area contributed by atoms with Crippen molar-refractivity contribution in [2.75, 3.05) is 13.1 Å². The Balaban J connectivity index is 2.25. The minimum absolute atomic E-state index is 0.0550. The Labute approximate surface area is 102 Å². The fourth-order valence-corrected chi connectivity index (χ4v) is 4.00. The van der Waals surface area contributed by atoms with Gasteiger partial charge in [0.15, 0.2) is 4.60 Å². The molecule has 0 saturated carbocycles. The smallest absolute Gasteiger partial charge is 0.260 e. The van der Waals surface area contributed by atoms with Gasteiger partial charge in [0.2, 0.25) is 5.03 Å². The van der Waals surface area contributed by atoms with Crippen LogP contribution in [-0.4, -0.2) is 42.5 Å². The molecule has 1 aromatic rings. The Hall–Kier alpha value is -0.510. The van der Waals surface area contributed by atoms with Gasteiger partial charge in [-0.05, 0) is 28.9 Å². The molecule has 90 valence electrons. The van der Waals surface area contributed by atoms with E-state index >= 15 is 0 Å². The first-order valence-corrected chi connectivity index (χ1v) is 7.06. The van der Waals surface area contributed by atoms with Gasteiger partial charge in [-0.3, -0.25) is 0 Å². The van der Waals surface area contributed by atoms with Crippen LogP contribution < -0.4 is 10.0 Å². The summed E-state index contributed by atoms with van der Waals surface area (Å²) in [7, 11) is -2.02. The summed E-state index contributed by atoms with van der Waals surface area (Å²) >= 11 is 3.07. The number of halogens is 1. The molecule has 7 nitrogen and oxygen atoms in total. The van der Waals surface area contributed by atoms with Gasteiger partial charge in [0.1, 0.15) is 0 Å². The number of nitrogens with one attached hydrogen (secondary N) is 2. The van der Waals surface area contributed by atoms with Crippen LogP contribution >= 0.6 is 15.9 Å². The third kappa shape index (κ3) is 2.26. The maximum absolute atomic E-state index is 12.0. The largest absolute Gasteiger partial charge is 0.315 e. The van der Waals surface area contributed by atoms with Gasteiger partial charge >= 0.3 is 0 Å². The molecule has 16 heavy (non-hydrogen) atoms. The van der Waals surface area contributed by atoms with Crippen LogP contribution in [0.15, 0.2) is 9.63 Å². The van der Waals surface area contributed by atoms with E-state index in [1.165, 1.54) is 4.68 Å². The first kappa shape index (κ1) is 12.0. The second-order valence-corrected chi connectivity index (χ2v) is 6.00. The molecule has 1 saturated heterocycles. The van der Waals surface area contributed by atoms with Crippen LogP contribution in [0.5, 0.6) is 0 Å². The zero-order valence-electron chi connectivity index (χ0n) is 8.64. The number of aryl methyl sites for hydroxylation is 1. The van der Waals surface area contributed by atoms with Gasteiger partial charge in [-0.2, -0.15) is 0 Å². The molecule has 0 spiro atoms. The van der Waals surface area contributed by atoms with Crippen molar-refractivity contribution in [3.05, 3.63) is 4.60 Å². The Bertz CT molecular complexity index is 459. The Morgan fingerprint density at radius 2 is 2.38 bits per heavy atom. The summed E-state index contributed by atoms with van der Waals surface area (Å²) in [6.07, 6.45) is 0.794. The number of sulfonamides is 1. The second kappa shape index (κ2) is 4.40. The van der Waals surface area contributed by atoms with Crippen LogP contribution in [0.1, 0.15) is 6.42 Å². The van der Waals surface area contributed by atoms with Crippen molar-refractivity contribution in [2.24, 2.45) is 7.05 Å². The fourth-order valence-electron chi connectivity index (χ4n) is 1.64. The summed E-state index contributed by atoms with van der Waals surface area (Å²) < 4.78 is 28.1. The Morgan fingerprint density at radius 3 is 2.88 bits per heavy atom. The highest BCUT2D eigenvalue weighted by molar-refractivity contribution is 9.10. The van der Waals surface area contributed by atoms with Crippen molar-refractivity contribution in [2.45, 2.75) is 17.5 Å². The average molecular weight is 310 g/mol. The van der Waals surface area contributed by atoms with E-state index in [-0.39, 0.29) is 15.7 Å². The number of nitrogens with zero attached hydrogens (tertiary/aromatic N) is 3. The average Bonchev–Trinajstić information content (AvgIpc) is 2.76. The fraction of sp³-hybridized carbons (Fsp3) is 0.714. The number of aromatic nitrogens is 3. The van der Waals surface area contributed by atoms with E-state index in [0.29, 0.717) is 6.54 Å². The van der Waals surface area contributed by atoms with E-state index in [4.69, 9.17) is 0 Å². The van der Waals surface area contributed by atoms with E-state index in [1.54, 1.807) is 7.05 Å². The molecule has 0 aromatic carbocycles. The summed E-state index contributed by atoms with van der Waals surface area (Å²) in [5, 5.41) is 10.4. The normalized spacial score (nSPS) is 21.5. The molecule has 1 fully saturated rings. The van der Waals surface area contributed by atoms with Crippen LogP contribution in [0.25, 0.3) is 0 Å². The lowest BCUT2D eigenvalue weighted by Crippen LogP contribution is -2.37. The predicted octanol–water partition coefficient (Wildman–Crippen LogP) is -0.782. The van der Waals surface area contributed by atoms with Gasteiger partial charge in [-0.1, -0.05) is 5.21 Å². The molecule has 2 heterocycles. The van der Waals surface area contributed by atoms with Crippen LogP contribution in [0, 0.1) is 0 Å². The van der Waals surface area contributed by atoms with Crippen LogP contribution in [0.4, 0.5) is 0 Å². The minimum Gasteiger partial charge on any atom is -0.315 e. The molecule has 0 aliphatic carbocycles. The van der Waals surface area contributed by atoms with Crippen molar-refractivity contribution in [3.8, 4) is 0 Å². The monoisotopic (exact) mass is 309 g/mol. The molecular formula is C7H12BrN5O2S. The molecule has 0 unspecified atom stereocenters. The highest BCUT2D eigenvalue weighted by atomic mass is 79.9. The molecule has 9 heteroatoms. The molecule has 0 amide bonds. The SMILES string of the molecule is Cn1nnc(Br)c1S(=O)(=O)N[C@H]1CCNC1. The van der Waals surface area contributed by atoms with Crippen molar-refractivity contribution in [1.82, 2.24) is 25.0 Å². The van der Waals surface area contributed by atoms with E-state index in [2.05, 4.69) is 36.3 Å². The lowest BCUT2D eigenvalue weighted by molar-refractivity contribution is 0.542. The van der Waals surface area contributed by atoms with Crippen molar-refractivity contribution < 1.29 is 8.42 Å². The minimum atomic E-state index is -3.56. The zero-order chi connectivity index (χ0) is 11.8. The van der Waals surface area contributed by atoms with E-state index < -0.39 is 10.0 Å². The maximum atomic E-state index is 12.0. The van der Waals surface area contributed by atoms with Gasteiger partial charge in [0.25, 0.3) is 10.0 Å². The van der Waals surface area contributed by atoms with Crippen LogP contribution in [-0.2, 0) is 17.1 Å². The van der Waals surface area contributed by atoms with Gasteiger partial charge < -0.3 is 5.32 Å². The zero-order valence-corrected chi connectivity index (χ0v) is 11.0. The van der Waals surface area contributed by atoms with Crippen molar-refractivity contribution in [1.29, 1.82) is 0 Å². The molecular weight excluding hydrogens is 298 g/mol. The molecule has 2 rings (SSSR count). The second-order valence-electron chi connectivity index (χ2n) is 3.62. The highest BCUT2D eigenvalue weighted by Gasteiger charge is 2.28. The number of hydrogen-bond acceptors (Lipinski definition) is 5. The van der Waals surface area contributed by atoms with Crippen molar-refractivity contribution in [3.63, 3.8) is 0 Å². The predicted molar refractivity (Wildman–Crippen MR) is 60.3 cm³/mol. The molecule has 1 atom stereocenters. The summed E-state index contributed by atoms with van der Waals surface area (Å²) in [5.41, 5.74) is 0. The summed E-state index contributed by atoms with van der Waals surface area (Å²) in [6.45, 7) is 1.49. The van der Waals surface area contributed by atoms with Crippen LogP contribution in [0.2, 0.25) is 0 Å². The molecule has 1 aromatic heterocycles.